The van der Waals surface area contributed by atoms with E-state index in [4.69, 9.17) is 13.9 Å². The highest BCUT2D eigenvalue weighted by Crippen LogP contribution is 2.39. The second kappa shape index (κ2) is 10.1. The molecule has 9 heteroatoms. The van der Waals surface area contributed by atoms with E-state index in [1.54, 1.807) is 0 Å². The van der Waals surface area contributed by atoms with Crippen LogP contribution in [0.25, 0.3) is 33.1 Å². The zero-order valence-corrected chi connectivity index (χ0v) is 20.2. The van der Waals surface area contributed by atoms with Crippen LogP contribution in [0.15, 0.2) is 50.0 Å². The van der Waals surface area contributed by atoms with E-state index in [9.17, 15) is 19.2 Å². The molecule has 3 N–H and O–H groups in total. The van der Waals surface area contributed by atoms with Crippen molar-refractivity contribution >= 4 is 39.7 Å². The highest BCUT2D eigenvalue weighted by atomic mass is 16.4. The van der Waals surface area contributed by atoms with Gasteiger partial charge in [-0.1, -0.05) is 30.3 Å². The summed E-state index contributed by atoms with van der Waals surface area (Å²) in [4.78, 5) is 47.1. The third-order valence-electron chi connectivity index (χ3n) is 6.18. The van der Waals surface area contributed by atoms with Crippen LogP contribution in [0.5, 0.6) is 0 Å². The summed E-state index contributed by atoms with van der Waals surface area (Å²) in [6, 6.07) is 11.9. The van der Waals surface area contributed by atoms with Crippen molar-refractivity contribution in [1.29, 1.82) is 0 Å². The van der Waals surface area contributed by atoms with E-state index in [1.165, 1.54) is 0 Å². The molecule has 2 amide bonds. The second-order valence-corrected chi connectivity index (χ2v) is 8.59. The van der Waals surface area contributed by atoms with Gasteiger partial charge in [0, 0.05) is 33.9 Å². The summed E-state index contributed by atoms with van der Waals surface area (Å²) in [5, 5.41) is 14.8. The number of carboxylic acid groups (broad SMARTS) is 1. The molecule has 0 aliphatic heterocycles. The number of aliphatic carboxylic acids is 1. The van der Waals surface area contributed by atoms with E-state index in [2.05, 4.69) is 10.6 Å². The molecule has 4 aromatic rings. The zero-order valence-electron chi connectivity index (χ0n) is 20.2. The topological polar surface area (TPSA) is 139 Å². The van der Waals surface area contributed by atoms with Crippen molar-refractivity contribution in [3.05, 3.63) is 69.3 Å². The number of carboxylic acids is 1. The van der Waals surface area contributed by atoms with Gasteiger partial charge in [-0.2, -0.15) is 0 Å². The number of hydrogen-bond donors (Lipinski definition) is 3. The lowest BCUT2D eigenvalue weighted by Gasteiger charge is -2.10. The maximum absolute atomic E-state index is 12.8. The minimum absolute atomic E-state index is 0.0371. The van der Waals surface area contributed by atoms with Gasteiger partial charge in [-0.3, -0.25) is 14.4 Å². The molecule has 0 spiro atoms. The Morgan fingerprint density at radius 2 is 1.53 bits per heavy atom. The maximum atomic E-state index is 12.8. The quantitative estimate of drug-likeness (QED) is 0.322. The van der Waals surface area contributed by atoms with Crippen LogP contribution in [-0.4, -0.2) is 36.0 Å². The molecule has 0 bridgehead atoms. The minimum atomic E-state index is -1.18. The number of carbonyl (C=O) groups excluding carboxylic acids is 2. The van der Waals surface area contributed by atoms with Crippen molar-refractivity contribution in [2.45, 2.75) is 33.6 Å². The third kappa shape index (κ3) is 4.86. The predicted molar refractivity (Wildman–Crippen MR) is 134 cm³/mol. The summed E-state index contributed by atoms with van der Waals surface area (Å²) < 4.78 is 11.8. The molecule has 2 aromatic heterocycles. The first-order valence-corrected chi connectivity index (χ1v) is 11.5. The van der Waals surface area contributed by atoms with Crippen molar-refractivity contribution in [2.24, 2.45) is 0 Å². The maximum Gasteiger partial charge on any atom is 0.339 e. The Hall–Kier alpha value is -4.40. The highest BCUT2D eigenvalue weighted by molar-refractivity contribution is 6.05. The first kappa shape index (κ1) is 24.7. The molecular formula is C27H26N2O7. The molecule has 2 heterocycles. The van der Waals surface area contributed by atoms with Crippen LogP contribution >= 0.6 is 0 Å². The van der Waals surface area contributed by atoms with Crippen LogP contribution in [0.3, 0.4) is 0 Å². The monoisotopic (exact) mass is 490 g/mol. The van der Waals surface area contributed by atoms with E-state index in [0.29, 0.717) is 16.7 Å². The van der Waals surface area contributed by atoms with Gasteiger partial charge < -0.3 is 24.6 Å². The number of amides is 2. The van der Waals surface area contributed by atoms with Gasteiger partial charge in [-0.15, -0.1) is 0 Å². The lowest BCUT2D eigenvalue weighted by molar-refractivity contribution is -0.137. The molecule has 9 nitrogen and oxygen atoms in total. The standard InChI is InChI=1S/C27H26N2O7/c1-14-18(9-10-21(30)28-12-22(31)29-13-23(32)33)27(34)36-25-15(2)26-20(11-19(14)25)24(16(3)35-26)17-7-5-4-6-8-17/h4-8,11H,9-10,12-13H2,1-3H3,(H,28,30)(H,29,31)(H,32,33). The van der Waals surface area contributed by atoms with E-state index in [-0.39, 0.29) is 19.4 Å². The molecule has 0 saturated heterocycles. The highest BCUT2D eigenvalue weighted by Gasteiger charge is 2.21. The van der Waals surface area contributed by atoms with E-state index >= 15 is 0 Å². The van der Waals surface area contributed by atoms with Gasteiger partial charge in [0.25, 0.3) is 0 Å². The predicted octanol–water partition coefficient (Wildman–Crippen LogP) is 3.38. The lowest BCUT2D eigenvalue weighted by Crippen LogP contribution is -2.39. The van der Waals surface area contributed by atoms with Crippen LogP contribution in [-0.2, 0) is 20.8 Å². The van der Waals surface area contributed by atoms with Crippen molar-refractivity contribution in [1.82, 2.24) is 10.6 Å². The number of hydrogen-bond acceptors (Lipinski definition) is 6. The Morgan fingerprint density at radius 3 is 2.22 bits per heavy atom. The minimum Gasteiger partial charge on any atom is -0.480 e. The van der Waals surface area contributed by atoms with Gasteiger partial charge in [0.05, 0.1) is 6.54 Å². The fourth-order valence-corrected chi connectivity index (χ4v) is 4.37. The van der Waals surface area contributed by atoms with Gasteiger partial charge in [0.1, 0.15) is 23.5 Å². The summed E-state index contributed by atoms with van der Waals surface area (Å²) >= 11 is 0. The van der Waals surface area contributed by atoms with E-state index in [0.717, 1.165) is 38.8 Å². The molecule has 0 saturated carbocycles. The Morgan fingerprint density at radius 1 is 0.861 bits per heavy atom. The molecule has 0 aliphatic carbocycles. The number of carbonyl (C=O) groups is 3. The fraction of sp³-hybridized carbons (Fsp3) is 0.259. The van der Waals surface area contributed by atoms with Crippen LogP contribution in [0.1, 0.15) is 28.9 Å². The smallest absolute Gasteiger partial charge is 0.339 e. The summed E-state index contributed by atoms with van der Waals surface area (Å²) in [6.45, 7) is 4.71. The van der Waals surface area contributed by atoms with Crippen LogP contribution in [0.4, 0.5) is 0 Å². The Kier molecular flexibility index (Phi) is 6.91. The van der Waals surface area contributed by atoms with Crippen LogP contribution < -0.4 is 16.3 Å². The summed E-state index contributed by atoms with van der Waals surface area (Å²) in [5.41, 5.74) is 4.40. The Bertz CT molecular complexity index is 1550. The van der Waals surface area contributed by atoms with E-state index in [1.807, 2.05) is 57.2 Å². The van der Waals surface area contributed by atoms with Crippen molar-refractivity contribution in [3.8, 4) is 11.1 Å². The number of furan rings is 1. The first-order valence-electron chi connectivity index (χ1n) is 11.5. The average Bonchev–Trinajstić information content (AvgIpc) is 3.18. The summed E-state index contributed by atoms with van der Waals surface area (Å²) in [7, 11) is 0. The molecule has 36 heavy (non-hydrogen) atoms. The van der Waals surface area contributed by atoms with Crippen molar-refractivity contribution in [3.63, 3.8) is 0 Å². The second-order valence-electron chi connectivity index (χ2n) is 8.59. The molecule has 2 aromatic carbocycles. The average molecular weight is 491 g/mol. The van der Waals surface area contributed by atoms with Gasteiger partial charge in [0.2, 0.25) is 11.8 Å². The van der Waals surface area contributed by atoms with Crippen LogP contribution in [0, 0.1) is 20.8 Å². The largest absolute Gasteiger partial charge is 0.480 e. The Balaban J connectivity index is 1.63. The summed E-state index contributed by atoms with van der Waals surface area (Å²) in [6.07, 6.45) is 0.0877. The zero-order chi connectivity index (χ0) is 26.0. The van der Waals surface area contributed by atoms with Crippen LogP contribution in [0.2, 0.25) is 0 Å². The number of fused-ring (bicyclic) bond motifs is 2. The molecular weight excluding hydrogens is 464 g/mol. The number of benzene rings is 2. The molecule has 4 rings (SSSR count). The van der Waals surface area contributed by atoms with Crippen molar-refractivity contribution in [2.75, 3.05) is 13.1 Å². The first-order chi connectivity index (χ1) is 17.2. The summed E-state index contributed by atoms with van der Waals surface area (Å²) in [5.74, 6) is -1.47. The van der Waals surface area contributed by atoms with Gasteiger partial charge in [0.15, 0.2) is 0 Å². The molecule has 0 atom stereocenters. The molecule has 0 radical (unpaired) electrons. The SMILES string of the molecule is Cc1oc2c(C)c3oc(=O)c(CCC(=O)NCC(=O)NCC(=O)O)c(C)c3cc2c1-c1ccccc1. The molecule has 0 aliphatic rings. The van der Waals surface area contributed by atoms with Gasteiger partial charge in [-0.25, -0.2) is 4.79 Å². The molecule has 0 fully saturated rings. The van der Waals surface area contributed by atoms with Crippen molar-refractivity contribution < 1.29 is 28.3 Å². The fourth-order valence-electron chi connectivity index (χ4n) is 4.37. The van der Waals surface area contributed by atoms with Gasteiger partial charge in [-0.05, 0) is 44.4 Å². The molecule has 186 valence electrons. The number of aryl methyl sites for hydroxylation is 3. The number of nitrogens with one attached hydrogen (secondary N) is 2. The van der Waals surface area contributed by atoms with Gasteiger partial charge >= 0.3 is 11.6 Å². The lowest BCUT2D eigenvalue weighted by atomic mass is 9.96. The third-order valence-corrected chi connectivity index (χ3v) is 6.18. The normalized spacial score (nSPS) is 11.1. The van der Waals surface area contributed by atoms with E-state index < -0.39 is 30.0 Å². The number of rotatable bonds is 8. The molecule has 0 unspecified atom stereocenters. The Labute approximate surface area is 206 Å².